The molecule has 3 rings (SSSR count). The number of aromatic hydroxyl groups is 4. The average Bonchev–Trinajstić information content (AvgIpc) is 2.59. The normalized spacial score (nSPS) is 9.71. The highest BCUT2D eigenvalue weighted by atomic mass is 16.5. The topological polar surface area (TPSA) is 145 Å². The van der Waals surface area contributed by atoms with Gasteiger partial charge in [-0.05, 0) is 5.56 Å². The van der Waals surface area contributed by atoms with Gasteiger partial charge in [-0.2, -0.15) is 0 Å². The number of rotatable bonds is 3. The van der Waals surface area contributed by atoms with E-state index in [4.69, 9.17) is 20.7 Å². The van der Waals surface area contributed by atoms with Crippen molar-refractivity contribution in [2.75, 3.05) is 11.1 Å². The predicted molar refractivity (Wildman–Crippen MR) is 104 cm³/mol. The number of nitrogens with two attached hydrogens (primary N) is 1. The second-order valence-corrected chi connectivity index (χ2v) is 5.71. The van der Waals surface area contributed by atoms with Crippen LogP contribution in [0.15, 0.2) is 66.7 Å². The van der Waals surface area contributed by atoms with E-state index < -0.39 is 6.09 Å². The van der Waals surface area contributed by atoms with Crippen molar-refractivity contribution in [1.82, 2.24) is 0 Å². The van der Waals surface area contributed by atoms with Gasteiger partial charge in [0.25, 0.3) is 0 Å². The maximum atomic E-state index is 11.5. The molecule has 0 atom stereocenters. The van der Waals surface area contributed by atoms with Gasteiger partial charge in [-0.25, -0.2) is 4.79 Å². The zero-order valence-electron chi connectivity index (χ0n) is 14.7. The molecule has 3 aromatic carbocycles. The Labute approximate surface area is 161 Å². The van der Waals surface area contributed by atoms with Crippen LogP contribution in [0.2, 0.25) is 0 Å². The minimum Gasteiger partial charge on any atom is -0.508 e. The minimum atomic E-state index is -0.658. The van der Waals surface area contributed by atoms with Crippen molar-refractivity contribution in [3.05, 3.63) is 72.3 Å². The molecule has 1 amide bonds. The molecule has 3 aromatic rings. The first-order valence-electron chi connectivity index (χ1n) is 8.11. The minimum absolute atomic E-state index is 0.0208. The summed E-state index contributed by atoms with van der Waals surface area (Å²) in [6, 6.07) is 17.0. The van der Waals surface area contributed by atoms with Crippen LogP contribution in [0.5, 0.6) is 23.0 Å². The summed E-state index contributed by atoms with van der Waals surface area (Å²) in [5, 5.41) is 38.4. The van der Waals surface area contributed by atoms with Crippen LogP contribution in [-0.4, -0.2) is 26.5 Å². The van der Waals surface area contributed by atoms with Gasteiger partial charge in [-0.15, -0.1) is 0 Å². The third-order valence-electron chi connectivity index (χ3n) is 3.29. The Bertz CT molecular complexity index is 861. The molecule has 0 unspecified atom stereocenters. The average molecular weight is 384 g/mol. The highest BCUT2D eigenvalue weighted by Gasteiger charge is 2.05. The molecule has 0 aromatic heterocycles. The van der Waals surface area contributed by atoms with Crippen molar-refractivity contribution >= 4 is 17.5 Å². The predicted octanol–water partition coefficient (Wildman–Crippen LogP) is 3.53. The number of anilines is 2. The summed E-state index contributed by atoms with van der Waals surface area (Å²) in [5.41, 5.74) is 6.73. The Morgan fingerprint density at radius 1 is 0.821 bits per heavy atom. The largest absolute Gasteiger partial charge is 0.508 e. The van der Waals surface area contributed by atoms with Crippen LogP contribution in [0, 0.1) is 0 Å². The number of hydrogen-bond donors (Lipinski definition) is 6. The number of nitrogen functional groups attached to an aromatic ring is 1. The van der Waals surface area contributed by atoms with Gasteiger partial charge in [0.05, 0.1) is 5.69 Å². The summed E-state index contributed by atoms with van der Waals surface area (Å²) in [7, 11) is 0. The lowest BCUT2D eigenvalue weighted by Crippen LogP contribution is -2.13. The zero-order chi connectivity index (χ0) is 20.5. The van der Waals surface area contributed by atoms with Crippen LogP contribution < -0.4 is 11.1 Å². The van der Waals surface area contributed by atoms with Crippen LogP contribution in [-0.2, 0) is 11.3 Å². The second-order valence-electron chi connectivity index (χ2n) is 5.71. The first-order chi connectivity index (χ1) is 13.3. The molecule has 28 heavy (non-hydrogen) atoms. The van der Waals surface area contributed by atoms with Crippen LogP contribution in [0.4, 0.5) is 16.2 Å². The molecule has 0 saturated heterocycles. The number of amides is 1. The molecule has 0 aliphatic rings. The Morgan fingerprint density at radius 2 is 1.32 bits per heavy atom. The van der Waals surface area contributed by atoms with Crippen LogP contribution >= 0.6 is 0 Å². The van der Waals surface area contributed by atoms with E-state index in [0.717, 1.165) is 5.56 Å². The van der Waals surface area contributed by atoms with E-state index in [0.29, 0.717) is 5.69 Å². The maximum Gasteiger partial charge on any atom is 0.411 e. The molecular formula is C20H20N2O6. The molecule has 0 radical (unpaired) electrons. The van der Waals surface area contributed by atoms with Crippen molar-refractivity contribution in [2.24, 2.45) is 0 Å². The fourth-order valence-electron chi connectivity index (χ4n) is 2.16. The van der Waals surface area contributed by atoms with Crippen molar-refractivity contribution in [3.8, 4) is 23.0 Å². The van der Waals surface area contributed by atoms with Crippen LogP contribution in [0.25, 0.3) is 0 Å². The lowest BCUT2D eigenvalue weighted by atomic mass is 10.2. The van der Waals surface area contributed by atoms with E-state index in [9.17, 15) is 15.0 Å². The summed E-state index contributed by atoms with van der Waals surface area (Å²) >= 11 is 0. The zero-order valence-corrected chi connectivity index (χ0v) is 14.7. The van der Waals surface area contributed by atoms with Crippen LogP contribution in [0.1, 0.15) is 5.56 Å². The number of hydrogen-bond acceptors (Lipinski definition) is 7. The van der Waals surface area contributed by atoms with E-state index >= 15 is 0 Å². The van der Waals surface area contributed by atoms with E-state index in [-0.39, 0.29) is 35.3 Å². The molecule has 0 fully saturated rings. The standard InChI is InChI=1S/C14H13NO4.C6H7NO2/c16-12-6-11(7-13(17)8-12)15-14(18)19-9-10-4-2-1-3-5-10;7-4-1-5(8)3-6(9)2-4/h1-8,16-17H,9H2,(H,15,18);1-3,8-9H,7H2. The molecule has 0 aliphatic heterocycles. The molecule has 7 N–H and O–H groups in total. The van der Waals surface area contributed by atoms with Gasteiger partial charge < -0.3 is 30.9 Å². The van der Waals surface area contributed by atoms with Gasteiger partial charge in [-0.1, -0.05) is 30.3 Å². The quantitative estimate of drug-likeness (QED) is 0.379. The van der Waals surface area contributed by atoms with Gasteiger partial charge in [0.15, 0.2) is 0 Å². The summed E-state index contributed by atoms with van der Waals surface area (Å²) < 4.78 is 5.00. The Morgan fingerprint density at radius 3 is 1.82 bits per heavy atom. The summed E-state index contributed by atoms with van der Waals surface area (Å²) in [6.45, 7) is 0.150. The fraction of sp³-hybridized carbons (Fsp3) is 0.0500. The van der Waals surface area contributed by atoms with Gasteiger partial charge >= 0.3 is 6.09 Å². The van der Waals surface area contributed by atoms with Gasteiger partial charge in [0.2, 0.25) is 0 Å². The van der Waals surface area contributed by atoms with Crippen molar-refractivity contribution < 1.29 is 30.0 Å². The van der Waals surface area contributed by atoms with Crippen molar-refractivity contribution in [3.63, 3.8) is 0 Å². The maximum absolute atomic E-state index is 11.5. The van der Waals surface area contributed by atoms with E-state index in [2.05, 4.69) is 5.32 Å². The number of phenols is 4. The molecule has 8 heteroatoms. The first kappa shape index (κ1) is 20.2. The molecule has 8 nitrogen and oxygen atoms in total. The number of benzene rings is 3. The highest BCUT2D eigenvalue weighted by Crippen LogP contribution is 2.24. The molecule has 0 bridgehead atoms. The number of ether oxygens (including phenoxy) is 1. The van der Waals surface area contributed by atoms with E-state index in [1.54, 1.807) is 0 Å². The van der Waals surface area contributed by atoms with E-state index in [1.165, 1.54) is 36.4 Å². The number of carbonyl (C=O) groups excluding carboxylic acids is 1. The fourth-order valence-corrected chi connectivity index (χ4v) is 2.16. The van der Waals surface area contributed by atoms with Crippen LogP contribution in [0.3, 0.4) is 0 Å². The van der Waals surface area contributed by atoms with E-state index in [1.807, 2.05) is 30.3 Å². The smallest absolute Gasteiger partial charge is 0.411 e. The summed E-state index contributed by atoms with van der Waals surface area (Å²) in [5.74, 6) is -0.322. The third kappa shape index (κ3) is 7.04. The highest BCUT2D eigenvalue weighted by molar-refractivity contribution is 5.85. The SMILES string of the molecule is Nc1cc(O)cc(O)c1.O=C(Nc1cc(O)cc(O)c1)OCc1ccccc1. The summed E-state index contributed by atoms with van der Waals surface area (Å²) in [4.78, 5) is 11.5. The van der Waals surface area contributed by atoms with Gasteiger partial charge in [-0.3, -0.25) is 5.32 Å². The van der Waals surface area contributed by atoms with Gasteiger partial charge in [0.1, 0.15) is 29.6 Å². The number of nitrogens with one attached hydrogen (secondary N) is 1. The number of carbonyl (C=O) groups is 1. The molecule has 0 saturated carbocycles. The van der Waals surface area contributed by atoms with Gasteiger partial charge in [0, 0.05) is 42.1 Å². The Balaban J connectivity index is 0.000000261. The second kappa shape index (κ2) is 9.58. The van der Waals surface area contributed by atoms with Crippen molar-refractivity contribution in [1.29, 1.82) is 0 Å². The summed E-state index contributed by atoms with van der Waals surface area (Å²) in [6.07, 6.45) is -0.658. The van der Waals surface area contributed by atoms with Crippen molar-refractivity contribution in [2.45, 2.75) is 6.61 Å². The monoisotopic (exact) mass is 384 g/mol. The number of phenolic OH excluding ortho intramolecular Hbond substituents is 4. The third-order valence-corrected chi connectivity index (χ3v) is 3.29. The Kier molecular flexibility index (Phi) is 6.93. The first-order valence-corrected chi connectivity index (χ1v) is 8.11. The lowest BCUT2D eigenvalue weighted by molar-refractivity contribution is 0.155. The lowest BCUT2D eigenvalue weighted by Gasteiger charge is -2.07. The molecule has 0 heterocycles. The molecule has 0 spiro atoms. The molecular weight excluding hydrogens is 364 g/mol. The Hall–Kier alpha value is -4.07. The molecule has 146 valence electrons. The molecule has 0 aliphatic carbocycles.